The smallest absolute Gasteiger partial charge is 0.322 e. The molecule has 0 amide bonds. The number of halogens is 2. The molecule has 0 fully saturated rings. The summed E-state index contributed by atoms with van der Waals surface area (Å²) in [5.74, 6) is -7.68. The average Bonchev–Trinajstić information content (AvgIpc) is 1.85. The van der Waals surface area contributed by atoms with E-state index in [0.29, 0.717) is 0 Å². The van der Waals surface area contributed by atoms with E-state index < -0.39 is 24.0 Å². The Morgan fingerprint density at radius 1 is 1.50 bits per heavy atom. The molecule has 0 saturated heterocycles. The Kier molecular flexibility index (Phi) is 3.12. The minimum atomic E-state index is -4.15. The van der Waals surface area contributed by atoms with Crippen LogP contribution in [0.25, 0.3) is 0 Å². The highest BCUT2D eigenvalue weighted by molar-refractivity contribution is 5.75. The molecule has 0 N–H and O–H groups in total. The van der Waals surface area contributed by atoms with Crippen LogP contribution in [-0.4, -0.2) is 24.0 Å². The van der Waals surface area contributed by atoms with Crippen molar-refractivity contribution in [3.63, 3.8) is 0 Å². The van der Waals surface area contributed by atoms with Gasteiger partial charge in [-0.25, -0.2) is 0 Å². The lowest BCUT2D eigenvalue weighted by Gasteiger charge is -2.23. The fraction of sp³-hybridized carbons (Fsp3) is 0.667. The van der Waals surface area contributed by atoms with Gasteiger partial charge in [0.2, 0.25) is 0 Å². The monoisotopic (exact) mass is 181 g/mol. The Morgan fingerprint density at radius 2 is 1.92 bits per heavy atom. The van der Waals surface area contributed by atoms with E-state index in [1.165, 1.54) is 0 Å². The Bertz CT molecular complexity index is 202. The van der Waals surface area contributed by atoms with Crippen molar-refractivity contribution in [2.24, 2.45) is 0 Å². The molecule has 0 heterocycles. The van der Waals surface area contributed by atoms with Gasteiger partial charge in [0.25, 0.3) is 0 Å². The van der Waals surface area contributed by atoms with Crippen molar-refractivity contribution in [2.75, 3.05) is 0 Å². The fourth-order valence-corrected chi connectivity index (χ4v) is 0.489. The van der Waals surface area contributed by atoms with Crippen LogP contribution >= 0.6 is 0 Å². The summed E-state index contributed by atoms with van der Waals surface area (Å²) in [6, 6.07) is 0. The van der Waals surface area contributed by atoms with Crippen molar-refractivity contribution in [1.82, 2.24) is 0 Å². The number of carbonyl (C=O) groups is 2. The first-order valence-electron chi connectivity index (χ1n) is 3.05. The molecule has 0 spiro atoms. The molecule has 4 nitrogen and oxygen atoms in total. The molecule has 0 aliphatic heterocycles. The first-order chi connectivity index (χ1) is 5.28. The normalized spacial score (nSPS) is 13.7. The number of esters is 1. The van der Waals surface area contributed by atoms with Gasteiger partial charge in [-0.1, -0.05) is 0 Å². The number of ether oxygens (including phenoxy) is 1. The zero-order chi connectivity index (χ0) is 9.94. The number of aliphatic carboxylic acids is 1. The molecule has 1 atom stereocenters. The van der Waals surface area contributed by atoms with Gasteiger partial charge in [-0.2, -0.15) is 8.78 Å². The fourth-order valence-electron chi connectivity index (χ4n) is 0.489. The van der Waals surface area contributed by atoms with Gasteiger partial charge < -0.3 is 14.6 Å². The Morgan fingerprint density at radius 3 is 2.17 bits per heavy atom. The Labute approximate surface area is 67.1 Å². The van der Waals surface area contributed by atoms with Crippen molar-refractivity contribution in [2.45, 2.75) is 25.9 Å². The predicted molar refractivity (Wildman–Crippen MR) is 31.2 cm³/mol. The summed E-state index contributed by atoms with van der Waals surface area (Å²) in [5, 5.41) is 9.79. The van der Waals surface area contributed by atoms with Crippen molar-refractivity contribution >= 4 is 11.9 Å². The molecule has 0 aromatic rings. The van der Waals surface area contributed by atoms with Crippen LogP contribution in [0.1, 0.15) is 13.8 Å². The average molecular weight is 181 g/mol. The van der Waals surface area contributed by atoms with Gasteiger partial charge in [0.1, 0.15) is 5.97 Å². The molecule has 0 aromatic heterocycles. The maximum Gasteiger partial charge on any atom is 0.322 e. The summed E-state index contributed by atoms with van der Waals surface area (Å²) in [6.45, 7) is 1.68. The van der Waals surface area contributed by atoms with E-state index in [0.717, 1.165) is 13.8 Å². The first-order valence-corrected chi connectivity index (χ1v) is 3.05. The van der Waals surface area contributed by atoms with Crippen LogP contribution in [0.5, 0.6) is 0 Å². The summed E-state index contributed by atoms with van der Waals surface area (Å²) < 4.78 is 28.7. The second-order valence-corrected chi connectivity index (χ2v) is 2.16. The lowest BCUT2D eigenvalue weighted by Crippen LogP contribution is -2.49. The van der Waals surface area contributed by atoms with Gasteiger partial charge in [0.15, 0.2) is 6.10 Å². The zero-order valence-corrected chi connectivity index (χ0v) is 6.47. The molecule has 0 aliphatic rings. The maximum atomic E-state index is 12.4. The van der Waals surface area contributed by atoms with Crippen LogP contribution in [-0.2, 0) is 14.3 Å². The minimum absolute atomic E-state index is 0.775. The predicted octanol–water partition coefficient (Wildman–Crippen LogP) is -0.677. The van der Waals surface area contributed by atoms with Gasteiger partial charge in [-0.05, 0) is 6.92 Å². The van der Waals surface area contributed by atoms with Crippen LogP contribution in [0.2, 0.25) is 0 Å². The molecule has 1 unspecified atom stereocenters. The summed E-state index contributed by atoms with van der Waals surface area (Å²) in [7, 11) is 0. The SMILES string of the molecule is CC(=O)OC(C)C(F)(F)C(=O)[O-]. The highest BCUT2D eigenvalue weighted by Crippen LogP contribution is 2.20. The van der Waals surface area contributed by atoms with Gasteiger partial charge in [0, 0.05) is 6.92 Å². The highest BCUT2D eigenvalue weighted by atomic mass is 19.3. The third-order valence-electron chi connectivity index (χ3n) is 1.13. The lowest BCUT2D eigenvalue weighted by molar-refractivity contribution is -0.335. The molecule has 0 saturated carbocycles. The quantitative estimate of drug-likeness (QED) is 0.541. The zero-order valence-electron chi connectivity index (χ0n) is 6.47. The summed E-state index contributed by atoms with van der Waals surface area (Å²) >= 11 is 0. The van der Waals surface area contributed by atoms with Crippen molar-refractivity contribution < 1.29 is 28.2 Å². The van der Waals surface area contributed by atoms with E-state index in [1.807, 2.05) is 0 Å². The first kappa shape index (κ1) is 10.8. The Balaban J connectivity index is 4.35. The number of hydrogen-bond donors (Lipinski definition) is 0. The van der Waals surface area contributed by atoms with E-state index in [2.05, 4.69) is 4.74 Å². The molecular formula is C6H7F2O4-. The number of carboxylic acid groups (broad SMARTS) is 1. The number of carboxylic acids is 1. The highest BCUT2D eigenvalue weighted by Gasteiger charge is 2.40. The summed E-state index contributed by atoms with van der Waals surface area (Å²) in [4.78, 5) is 19.9. The summed E-state index contributed by atoms with van der Waals surface area (Å²) in [5.41, 5.74) is 0. The van der Waals surface area contributed by atoms with E-state index in [-0.39, 0.29) is 0 Å². The number of carbonyl (C=O) groups excluding carboxylic acids is 2. The molecule has 0 bridgehead atoms. The molecule has 70 valence electrons. The van der Waals surface area contributed by atoms with Crippen LogP contribution in [0.4, 0.5) is 8.78 Å². The van der Waals surface area contributed by atoms with Crippen LogP contribution in [0.3, 0.4) is 0 Å². The molecular weight excluding hydrogens is 174 g/mol. The standard InChI is InChI=1S/C6H8F2O4/c1-3(12-4(2)9)6(7,8)5(10)11/h3H,1-2H3,(H,10,11)/p-1. The van der Waals surface area contributed by atoms with Gasteiger partial charge in [0.05, 0.1) is 0 Å². The van der Waals surface area contributed by atoms with Gasteiger partial charge in [-0.15, -0.1) is 0 Å². The van der Waals surface area contributed by atoms with E-state index in [1.54, 1.807) is 0 Å². The number of rotatable bonds is 3. The molecule has 0 aromatic carbocycles. The van der Waals surface area contributed by atoms with Gasteiger partial charge in [-0.3, -0.25) is 4.79 Å². The molecule has 0 rings (SSSR count). The maximum absolute atomic E-state index is 12.4. The van der Waals surface area contributed by atoms with E-state index in [4.69, 9.17) is 0 Å². The van der Waals surface area contributed by atoms with E-state index >= 15 is 0 Å². The third kappa shape index (κ3) is 2.44. The van der Waals surface area contributed by atoms with Crippen molar-refractivity contribution in [1.29, 1.82) is 0 Å². The van der Waals surface area contributed by atoms with Crippen molar-refractivity contribution in [3.8, 4) is 0 Å². The molecule has 0 radical (unpaired) electrons. The van der Waals surface area contributed by atoms with Crippen LogP contribution in [0, 0.1) is 0 Å². The second kappa shape index (κ2) is 3.46. The molecule has 12 heavy (non-hydrogen) atoms. The largest absolute Gasteiger partial charge is 0.544 e. The topological polar surface area (TPSA) is 66.4 Å². The molecule has 0 aliphatic carbocycles. The minimum Gasteiger partial charge on any atom is -0.544 e. The van der Waals surface area contributed by atoms with Gasteiger partial charge >= 0.3 is 11.9 Å². The number of hydrogen-bond acceptors (Lipinski definition) is 4. The van der Waals surface area contributed by atoms with Crippen LogP contribution in [0.15, 0.2) is 0 Å². The van der Waals surface area contributed by atoms with Crippen molar-refractivity contribution in [3.05, 3.63) is 0 Å². The number of alkyl halides is 2. The lowest BCUT2D eigenvalue weighted by atomic mass is 10.2. The summed E-state index contributed by atoms with van der Waals surface area (Å²) in [6.07, 6.45) is -2.01. The second-order valence-electron chi connectivity index (χ2n) is 2.16. The third-order valence-corrected chi connectivity index (χ3v) is 1.13. The van der Waals surface area contributed by atoms with Crippen LogP contribution < -0.4 is 5.11 Å². The Hall–Kier alpha value is -1.20. The molecule has 6 heteroatoms. The van der Waals surface area contributed by atoms with E-state index in [9.17, 15) is 23.5 Å².